The molecule has 1 aromatic heterocycles. The predicted octanol–water partition coefficient (Wildman–Crippen LogP) is 3.59. The first-order valence-corrected chi connectivity index (χ1v) is 9.91. The standard InChI is InChI=1S/C20H21N3O2S/c24-19-9-8-17(21-23(19)13-15-5-2-1-3-6-15)20(25)22-11-4-7-18(22)16-10-12-26-14-16/h1-3,5-6,10,12,14,18H,4,7-9,11,13H2/t18-/m0/s1. The van der Waals surface area contributed by atoms with Crippen molar-refractivity contribution in [2.24, 2.45) is 5.10 Å². The van der Waals surface area contributed by atoms with Crippen molar-refractivity contribution in [2.75, 3.05) is 6.54 Å². The van der Waals surface area contributed by atoms with Gasteiger partial charge in [0.05, 0.1) is 12.6 Å². The van der Waals surface area contributed by atoms with Gasteiger partial charge in [-0.05, 0) is 40.8 Å². The lowest BCUT2D eigenvalue weighted by molar-refractivity contribution is -0.132. The van der Waals surface area contributed by atoms with Gasteiger partial charge in [0, 0.05) is 19.4 Å². The number of carbonyl (C=O) groups is 2. The van der Waals surface area contributed by atoms with Crippen molar-refractivity contribution in [1.82, 2.24) is 9.91 Å². The van der Waals surface area contributed by atoms with Gasteiger partial charge in [-0.2, -0.15) is 16.4 Å². The number of thiophene rings is 1. The molecule has 0 bridgehead atoms. The summed E-state index contributed by atoms with van der Waals surface area (Å²) in [5, 5.41) is 10.0. The maximum atomic E-state index is 13.1. The van der Waals surface area contributed by atoms with Crippen molar-refractivity contribution in [1.29, 1.82) is 0 Å². The molecule has 1 saturated heterocycles. The van der Waals surface area contributed by atoms with Crippen LogP contribution in [-0.2, 0) is 16.1 Å². The van der Waals surface area contributed by atoms with E-state index >= 15 is 0 Å². The molecule has 0 aliphatic carbocycles. The Kier molecular flexibility index (Phi) is 4.84. The van der Waals surface area contributed by atoms with Crippen LogP contribution in [0.25, 0.3) is 0 Å². The number of likely N-dealkylation sites (tertiary alicyclic amines) is 1. The van der Waals surface area contributed by atoms with E-state index in [4.69, 9.17) is 0 Å². The van der Waals surface area contributed by atoms with Gasteiger partial charge in [0.2, 0.25) is 5.91 Å². The molecular formula is C20H21N3O2S. The van der Waals surface area contributed by atoms with Gasteiger partial charge in [-0.15, -0.1) is 0 Å². The highest BCUT2D eigenvalue weighted by Crippen LogP contribution is 2.33. The Bertz CT molecular complexity index is 817. The second-order valence-corrected chi connectivity index (χ2v) is 7.48. The zero-order chi connectivity index (χ0) is 17.9. The normalized spacial score (nSPS) is 20.4. The highest BCUT2D eigenvalue weighted by atomic mass is 32.1. The molecule has 2 aromatic rings. The van der Waals surface area contributed by atoms with E-state index < -0.39 is 0 Å². The zero-order valence-electron chi connectivity index (χ0n) is 14.5. The minimum absolute atomic E-state index is 0.0238. The molecule has 0 radical (unpaired) electrons. The first kappa shape index (κ1) is 17.0. The SMILES string of the molecule is O=C1CCC(C(=O)N2CCC[C@H]2c2ccsc2)=NN1Cc1ccccc1. The molecule has 0 saturated carbocycles. The average Bonchev–Trinajstić information content (AvgIpc) is 3.35. The molecular weight excluding hydrogens is 346 g/mol. The van der Waals surface area contributed by atoms with Crippen LogP contribution in [0.4, 0.5) is 0 Å². The van der Waals surface area contributed by atoms with Gasteiger partial charge in [-0.3, -0.25) is 9.59 Å². The Morgan fingerprint density at radius 3 is 2.81 bits per heavy atom. The van der Waals surface area contributed by atoms with Crippen LogP contribution in [0.15, 0.2) is 52.3 Å². The van der Waals surface area contributed by atoms with E-state index in [1.165, 1.54) is 10.6 Å². The molecule has 26 heavy (non-hydrogen) atoms. The fraction of sp³-hybridized carbons (Fsp3) is 0.350. The van der Waals surface area contributed by atoms with Crippen LogP contribution in [0.5, 0.6) is 0 Å². The number of benzene rings is 1. The first-order valence-electron chi connectivity index (χ1n) is 8.97. The quantitative estimate of drug-likeness (QED) is 0.829. The van der Waals surface area contributed by atoms with Gasteiger partial charge in [0.25, 0.3) is 5.91 Å². The van der Waals surface area contributed by atoms with Crippen molar-refractivity contribution < 1.29 is 9.59 Å². The van der Waals surface area contributed by atoms with Crippen LogP contribution in [-0.4, -0.2) is 34.0 Å². The summed E-state index contributed by atoms with van der Waals surface area (Å²) in [5.41, 5.74) is 2.72. The Morgan fingerprint density at radius 2 is 2.04 bits per heavy atom. The Balaban J connectivity index is 1.53. The molecule has 1 fully saturated rings. The van der Waals surface area contributed by atoms with Gasteiger partial charge in [-0.25, -0.2) is 5.01 Å². The monoisotopic (exact) mass is 367 g/mol. The minimum atomic E-state index is -0.0267. The van der Waals surface area contributed by atoms with E-state index in [0.29, 0.717) is 25.1 Å². The van der Waals surface area contributed by atoms with Gasteiger partial charge in [0.1, 0.15) is 5.71 Å². The largest absolute Gasteiger partial charge is 0.330 e. The third kappa shape index (κ3) is 3.42. The molecule has 0 N–H and O–H groups in total. The first-order chi connectivity index (χ1) is 12.7. The maximum absolute atomic E-state index is 13.1. The van der Waals surface area contributed by atoms with Gasteiger partial charge in [0.15, 0.2) is 0 Å². The molecule has 4 rings (SSSR count). The molecule has 1 atom stereocenters. The summed E-state index contributed by atoms with van der Waals surface area (Å²) in [4.78, 5) is 27.2. The average molecular weight is 367 g/mol. The molecule has 2 amide bonds. The zero-order valence-corrected chi connectivity index (χ0v) is 15.3. The Labute approximate surface area is 156 Å². The maximum Gasteiger partial charge on any atom is 0.270 e. The predicted molar refractivity (Wildman–Crippen MR) is 102 cm³/mol. The van der Waals surface area contributed by atoms with Crippen molar-refractivity contribution >= 4 is 28.9 Å². The lowest BCUT2D eigenvalue weighted by Gasteiger charge is -2.28. The lowest BCUT2D eigenvalue weighted by atomic mass is 10.1. The lowest BCUT2D eigenvalue weighted by Crippen LogP contribution is -2.41. The molecule has 134 valence electrons. The molecule has 0 spiro atoms. The summed E-state index contributed by atoms with van der Waals surface area (Å²) in [5.74, 6) is -0.0505. The summed E-state index contributed by atoms with van der Waals surface area (Å²) < 4.78 is 0. The second-order valence-electron chi connectivity index (χ2n) is 6.70. The number of hydrogen-bond donors (Lipinski definition) is 0. The molecule has 3 heterocycles. The van der Waals surface area contributed by atoms with E-state index in [1.807, 2.05) is 35.2 Å². The van der Waals surface area contributed by atoms with Crippen LogP contribution in [0, 0.1) is 0 Å². The third-order valence-electron chi connectivity index (χ3n) is 4.97. The Morgan fingerprint density at radius 1 is 1.19 bits per heavy atom. The minimum Gasteiger partial charge on any atom is -0.330 e. The van der Waals surface area contributed by atoms with Crippen LogP contribution in [0.1, 0.15) is 42.9 Å². The van der Waals surface area contributed by atoms with Gasteiger partial charge in [-0.1, -0.05) is 30.3 Å². The molecule has 5 nitrogen and oxygen atoms in total. The van der Waals surface area contributed by atoms with Crippen molar-refractivity contribution in [2.45, 2.75) is 38.3 Å². The number of carbonyl (C=O) groups excluding carboxylic acids is 2. The highest BCUT2D eigenvalue weighted by Gasteiger charge is 2.34. The second kappa shape index (κ2) is 7.41. The summed E-state index contributed by atoms with van der Waals surface area (Å²) in [6.45, 7) is 1.16. The van der Waals surface area contributed by atoms with Gasteiger partial charge >= 0.3 is 0 Å². The number of nitrogens with zero attached hydrogens (tertiary/aromatic N) is 3. The topological polar surface area (TPSA) is 53.0 Å². The summed E-state index contributed by atoms with van der Waals surface area (Å²) in [7, 11) is 0. The molecule has 2 aliphatic heterocycles. The van der Waals surface area contributed by atoms with Gasteiger partial charge < -0.3 is 4.90 Å². The van der Waals surface area contributed by atoms with Crippen molar-refractivity contribution in [3.63, 3.8) is 0 Å². The van der Waals surface area contributed by atoms with Crippen LogP contribution in [0.2, 0.25) is 0 Å². The van der Waals surface area contributed by atoms with Crippen LogP contribution < -0.4 is 0 Å². The van der Waals surface area contributed by atoms with Crippen LogP contribution in [0.3, 0.4) is 0 Å². The summed E-state index contributed by atoms with van der Waals surface area (Å²) in [6, 6.07) is 12.0. The van der Waals surface area contributed by atoms with Crippen molar-refractivity contribution in [3.8, 4) is 0 Å². The summed E-state index contributed by atoms with van der Waals surface area (Å²) in [6.07, 6.45) is 2.76. The number of hydrazone groups is 1. The fourth-order valence-corrected chi connectivity index (χ4v) is 4.33. The number of hydrogen-bond acceptors (Lipinski definition) is 4. The smallest absolute Gasteiger partial charge is 0.270 e. The molecule has 6 heteroatoms. The molecule has 1 aromatic carbocycles. The van der Waals surface area contributed by atoms with E-state index in [0.717, 1.165) is 24.9 Å². The third-order valence-corrected chi connectivity index (χ3v) is 5.67. The van der Waals surface area contributed by atoms with E-state index in [-0.39, 0.29) is 17.9 Å². The van der Waals surface area contributed by atoms with Crippen LogP contribution >= 0.6 is 11.3 Å². The summed E-state index contributed by atoms with van der Waals surface area (Å²) >= 11 is 1.66. The fourth-order valence-electron chi connectivity index (χ4n) is 3.62. The molecule has 0 unspecified atom stereocenters. The molecule has 2 aliphatic rings. The van der Waals surface area contributed by atoms with E-state index in [2.05, 4.69) is 21.9 Å². The van der Waals surface area contributed by atoms with Crippen molar-refractivity contribution in [3.05, 3.63) is 58.3 Å². The van der Waals surface area contributed by atoms with E-state index in [9.17, 15) is 9.59 Å². The number of rotatable bonds is 4. The van der Waals surface area contributed by atoms with E-state index in [1.54, 1.807) is 11.3 Å². The highest BCUT2D eigenvalue weighted by molar-refractivity contribution is 7.08. The number of amides is 2. The Hall–Kier alpha value is -2.47.